The highest BCUT2D eigenvalue weighted by Gasteiger charge is 2.14. The lowest BCUT2D eigenvalue weighted by molar-refractivity contribution is 0.0277. The summed E-state index contributed by atoms with van der Waals surface area (Å²) in [4.78, 5) is 0. The van der Waals surface area contributed by atoms with Crippen LogP contribution in [0.3, 0.4) is 0 Å². The summed E-state index contributed by atoms with van der Waals surface area (Å²) in [5, 5.41) is 11.9. The number of hydrogen-bond donors (Lipinski definition) is 1. The number of morpholine rings is 1. The molecule has 3 nitrogen and oxygen atoms in total. The van der Waals surface area contributed by atoms with Gasteiger partial charge < -0.3 is 10.1 Å². The maximum atomic E-state index is 8.65. The number of rotatable bonds is 1. The van der Waals surface area contributed by atoms with Crippen LogP contribution in [0.4, 0.5) is 0 Å². The third kappa shape index (κ3) is 1.92. The largest absolute Gasteiger partial charge is 0.371 e. The van der Waals surface area contributed by atoms with E-state index in [1.54, 1.807) is 0 Å². The smallest absolute Gasteiger partial charge is 0.0991 e. The molecule has 1 unspecified atom stereocenters. The molecule has 1 aromatic carbocycles. The van der Waals surface area contributed by atoms with Crippen LogP contribution in [0, 0.1) is 11.3 Å². The van der Waals surface area contributed by atoms with Gasteiger partial charge >= 0.3 is 0 Å². The lowest BCUT2D eigenvalue weighted by atomic mass is 10.1. The van der Waals surface area contributed by atoms with Gasteiger partial charge in [-0.15, -0.1) is 0 Å². The van der Waals surface area contributed by atoms with Gasteiger partial charge in [-0.3, -0.25) is 0 Å². The Kier molecular flexibility index (Phi) is 2.78. The molecule has 1 saturated heterocycles. The molecule has 0 bridgehead atoms. The Hall–Kier alpha value is -1.37. The monoisotopic (exact) mass is 188 g/mol. The summed E-state index contributed by atoms with van der Waals surface area (Å²) in [6.07, 6.45) is 0.136. The van der Waals surface area contributed by atoms with E-state index in [0.717, 1.165) is 25.3 Å². The quantitative estimate of drug-likeness (QED) is 0.720. The maximum absolute atomic E-state index is 8.65. The van der Waals surface area contributed by atoms with Gasteiger partial charge in [0.1, 0.15) is 0 Å². The molecule has 14 heavy (non-hydrogen) atoms. The Labute approximate surface area is 83.3 Å². The van der Waals surface area contributed by atoms with Crippen LogP contribution in [0.15, 0.2) is 24.3 Å². The Bertz CT molecular complexity index is 333. The number of hydrogen-bond acceptors (Lipinski definition) is 3. The van der Waals surface area contributed by atoms with Gasteiger partial charge in [-0.05, 0) is 17.7 Å². The second kappa shape index (κ2) is 4.23. The molecule has 0 saturated carbocycles. The molecule has 1 aliphatic rings. The SMILES string of the molecule is N#Cc1ccc(C2CNCCO2)cc1. The Morgan fingerprint density at radius 1 is 1.36 bits per heavy atom. The fourth-order valence-electron chi connectivity index (χ4n) is 1.55. The zero-order valence-corrected chi connectivity index (χ0v) is 7.86. The van der Waals surface area contributed by atoms with Crippen molar-refractivity contribution in [2.75, 3.05) is 19.7 Å². The summed E-state index contributed by atoms with van der Waals surface area (Å²) in [5.74, 6) is 0. The minimum atomic E-state index is 0.136. The van der Waals surface area contributed by atoms with Crippen molar-refractivity contribution in [2.24, 2.45) is 0 Å². The van der Waals surface area contributed by atoms with Gasteiger partial charge in [-0.1, -0.05) is 12.1 Å². The van der Waals surface area contributed by atoms with Crippen molar-refractivity contribution in [3.05, 3.63) is 35.4 Å². The predicted octanol–water partition coefficient (Wildman–Crippen LogP) is 1.22. The summed E-state index contributed by atoms with van der Waals surface area (Å²) < 4.78 is 5.59. The van der Waals surface area contributed by atoms with Crippen LogP contribution in [0.1, 0.15) is 17.2 Å². The Balaban J connectivity index is 2.12. The van der Waals surface area contributed by atoms with Gasteiger partial charge in [-0.2, -0.15) is 5.26 Å². The summed E-state index contributed by atoms with van der Waals surface area (Å²) in [5.41, 5.74) is 1.83. The third-order valence-corrected chi connectivity index (χ3v) is 2.34. The highest BCUT2D eigenvalue weighted by Crippen LogP contribution is 2.18. The molecule has 72 valence electrons. The minimum absolute atomic E-state index is 0.136. The van der Waals surface area contributed by atoms with E-state index in [0.29, 0.717) is 5.56 Å². The van der Waals surface area contributed by atoms with Gasteiger partial charge in [-0.25, -0.2) is 0 Å². The lowest BCUT2D eigenvalue weighted by Crippen LogP contribution is -2.33. The van der Waals surface area contributed by atoms with Gasteiger partial charge in [0, 0.05) is 13.1 Å². The second-order valence-corrected chi connectivity index (χ2v) is 3.30. The normalized spacial score (nSPS) is 21.5. The van der Waals surface area contributed by atoms with Crippen LogP contribution in [0.2, 0.25) is 0 Å². The minimum Gasteiger partial charge on any atom is -0.371 e. The highest BCUT2D eigenvalue weighted by molar-refractivity contribution is 5.32. The van der Waals surface area contributed by atoms with Gasteiger partial charge in [0.25, 0.3) is 0 Å². The van der Waals surface area contributed by atoms with Crippen molar-refractivity contribution in [1.82, 2.24) is 5.32 Å². The van der Waals surface area contributed by atoms with E-state index in [1.807, 2.05) is 24.3 Å². The van der Waals surface area contributed by atoms with Crippen molar-refractivity contribution in [1.29, 1.82) is 5.26 Å². The zero-order chi connectivity index (χ0) is 9.80. The van der Waals surface area contributed by atoms with Crippen molar-refractivity contribution in [3.63, 3.8) is 0 Å². The van der Waals surface area contributed by atoms with Crippen LogP contribution in [-0.2, 0) is 4.74 Å². The topological polar surface area (TPSA) is 45.0 Å². The summed E-state index contributed by atoms with van der Waals surface area (Å²) in [6.45, 7) is 2.53. The molecule has 0 spiro atoms. The molecule has 0 aliphatic carbocycles. The molecule has 2 rings (SSSR count). The molecule has 1 fully saturated rings. The van der Waals surface area contributed by atoms with Gasteiger partial charge in [0.05, 0.1) is 24.3 Å². The average molecular weight is 188 g/mol. The fraction of sp³-hybridized carbons (Fsp3) is 0.364. The molecule has 0 amide bonds. The number of nitrogens with zero attached hydrogens (tertiary/aromatic N) is 1. The van der Waals surface area contributed by atoms with E-state index >= 15 is 0 Å². The highest BCUT2D eigenvalue weighted by atomic mass is 16.5. The van der Waals surface area contributed by atoms with Gasteiger partial charge in [0.2, 0.25) is 0 Å². The summed E-state index contributed by atoms with van der Waals surface area (Å²) in [7, 11) is 0. The van der Waals surface area contributed by atoms with E-state index in [1.165, 1.54) is 0 Å². The van der Waals surface area contributed by atoms with Crippen molar-refractivity contribution >= 4 is 0 Å². The van der Waals surface area contributed by atoms with Crippen LogP contribution >= 0.6 is 0 Å². The van der Waals surface area contributed by atoms with Crippen molar-refractivity contribution in [3.8, 4) is 6.07 Å². The number of benzene rings is 1. The molecule has 1 heterocycles. The number of nitriles is 1. The Morgan fingerprint density at radius 3 is 2.71 bits per heavy atom. The summed E-state index contributed by atoms with van der Waals surface area (Å²) >= 11 is 0. The summed E-state index contributed by atoms with van der Waals surface area (Å²) in [6, 6.07) is 9.66. The fourth-order valence-corrected chi connectivity index (χ4v) is 1.55. The van der Waals surface area contributed by atoms with E-state index in [4.69, 9.17) is 10.00 Å². The Morgan fingerprint density at radius 2 is 2.14 bits per heavy atom. The molecular weight excluding hydrogens is 176 g/mol. The second-order valence-electron chi connectivity index (χ2n) is 3.30. The first kappa shape index (κ1) is 9.20. The van der Waals surface area contributed by atoms with Gasteiger partial charge in [0.15, 0.2) is 0 Å². The third-order valence-electron chi connectivity index (χ3n) is 2.34. The molecule has 1 atom stereocenters. The van der Waals surface area contributed by atoms with E-state index in [9.17, 15) is 0 Å². The maximum Gasteiger partial charge on any atom is 0.0991 e. The first-order chi connectivity index (χ1) is 6.90. The van der Waals surface area contributed by atoms with Crippen LogP contribution in [0.25, 0.3) is 0 Å². The van der Waals surface area contributed by atoms with Crippen molar-refractivity contribution < 1.29 is 4.74 Å². The molecule has 0 radical (unpaired) electrons. The zero-order valence-electron chi connectivity index (χ0n) is 7.86. The molecule has 3 heteroatoms. The first-order valence-corrected chi connectivity index (χ1v) is 4.72. The molecular formula is C11H12N2O. The molecule has 1 N–H and O–H groups in total. The first-order valence-electron chi connectivity index (χ1n) is 4.72. The van der Waals surface area contributed by atoms with E-state index in [2.05, 4.69) is 11.4 Å². The number of ether oxygens (including phenoxy) is 1. The lowest BCUT2D eigenvalue weighted by Gasteiger charge is -2.23. The van der Waals surface area contributed by atoms with Crippen LogP contribution < -0.4 is 5.32 Å². The van der Waals surface area contributed by atoms with Crippen LogP contribution in [-0.4, -0.2) is 19.7 Å². The van der Waals surface area contributed by atoms with Crippen LogP contribution in [0.5, 0.6) is 0 Å². The van der Waals surface area contributed by atoms with E-state index < -0.39 is 0 Å². The standard InChI is InChI=1S/C11H12N2O/c12-7-9-1-3-10(4-2-9)11-8-13-5-6-14-11/h1-4,11,13H,5-6,8H2. The predicted molar refractivity (Wildman–Crippen MR) is 52.7 cm³/mol. The van der Waals surface area contributed by atoms with Crippen molar-refractivity contribution in [2.45, 2.75) is 6.10 Å². The molecule has 0 aromatic heterocycles. The van der Waals surface area contributed by atoms with E-state index in [-0.39, 0.29) is 6.10 Å². The number of nitrogens with one attached hydrogen (secondary N) is 1. The average Bonchev–Trinajstić information content (AvgIpc) is 2.30. The molecule has 1 aliphatic heterocycles. The molecule has 1 aromatic rings.